The fourth-order valence-electron chi connectivity index (χ4n) is 2.75. The highest BCUT2D eigenvalue weighted by Crippen LogP contribution is 2.12. The number of benzene rings is 1. The van der Waals surface area contributed by atoms with Crippen LogP contribution in [0.2, 0.25) is 0 Å². The lowest BCUT2D eigenvalue weighted by Crippen LogP contribution is -2.52. The molecule has 0 saturated heterocycles. The van der Waals surface area contributed by atoms with Gasteiger partial charge in [0.15, 0.2) is 0 Å². The maximum atomic E-state index is 13.0. The van der Waals surface area contributed by atoms with Crippen molar-refractivity contribution in [1.82, 2.24) is 10.8 Å². The summed E-state index contributed by atoms with van der Waals surface area (Å²) in [6.07, 6.45) is -1.04. The molecule has 0 fully saturated rings. The van der Waals surface area contributed by atoms with Crippen molar-refractivity contribution < 1.29 is 43.0 Å². The molecule has 1 amide bonds. The zero-order chi connectivity index (χ0) is 27.5. The van der Waals surface area contributed by atoms with Crippen LogP contribution in [0.25, 0.3) is 0 Å². The predicted octanol–water partition coefficient (Wildman–Crippen LogP) is 2.23. The van der Waals surface area contributed by atoms with Crippen LogP contribution in [0.5, 0.6) is 0 Å². The Hall–Kier alpha value is -3.47. The van der Waals surface area contributed by atoms with Gasteiger partial charge in [0.1, 0.15) is 23.3 Å². The zero-order valence-electron chi connectivity index (χ0n) is 21.8. The molecule has 36 heavy (non-hydrogen) atoms. The molecule has 0 aliphatic rings. The van der Waals surface area contributed by atoms with Crippen molar-refractivity contribution in [3.05, 3.63) is 35.9 Å². The molecule has 0 aliphatic heterocycles. The third-order valence-electron chi connectivity index (χ3n) is 4.09. The summed E-state index contributed by atoms with van der Waals surface area (Å²) in [5.74, 6) is -4.07. The number of hydrogen-bond donors (Lipinski definition) is 2. The SMILES string of the molecule is CCOC(=O)C(CC(=O)OC(C)(C)C)NC(=O)C(CC(=O)OC(C)(C)C)NOC(=O)c1ccccc1. The Kier molecular flexibility index (Phi) is 11.5. The Morgan fingerprint density at radius 2 is 1.31 bits per heavy atom. The average molecular weight is 509 g/mol. The van der Waals surface area contributed by atoms with Gasteiger partial charge in [0.2, 0.25) is 5.91 Å². The molecule has 1 aromatic carbocycles. The number of amides is 1. The minimum absolute atomic E-state index is 0.00774. The molecule has 11 heteroatoms. The summed E-state index contributed by atoms with van der Waals surface area (Å²) in [7, 11) is 0. The highest BCUT2D eigenvalue weighted by atomic mass is 16.7. The van der Waals surface area contributed by atoms with Gasteiger partial charge in [-0.05, 0) is 60.6 Å². The van der Waals surface area contributed by atoms with Crippen molar-refractivity contribution in [1.29, 1.82) is 0 Å². The first-order valence-corrected chi connectivity index (χ1v) is 11.5. The second kappa shape index (κ2) is 13.6. The van der Waals surface area contributed by atoms with E-state index in [1.165, 1.54) is 12.1 Å². The fraction of sp³-hybridized carbons (Fsp3) is 0.560. The standard InChI is InChI=1S/C25H36N2O9/c1-8-33-23(32)18(15-20(29)35-25(5,6)7)26-21(30)17(14-19(28)34-24(2,3)4)27-36-22(31)16-12-10-9-11-13-16/h9-13,17-18,27H,8,14-15H2,1-7H3,(H,26,30). The number of hydrogen-bond acceptors (Lipinski definition) is 10. The van der Waals surface area contributed by atoms with E-state index >= 15 is 0 Å². The second-order valence-corrected chi connectivity index (χ2v) is 9.82. The normalized spacial score (nSPS) is 13.1. The summed E-state index contributed by atoms with van der Waals surface area (Å²) in [4.78, 5) is 67.5. The minimum Gasteiger partial charge on any atom is -0.464 e. The molecule has 0 saturated carbocycles. The third-order valence-corrected chi connectivity index (χ3v) is 4.09. The molecule has 0 aliphatic carbocycles. The van der Waals surface area contributed by atoms with Gasteiger partial charge >= 0.3 is 23.9 Å². The van der Waals surface area contributed by atoms with Gasteiger partial charge in [-0.1, -0.05) is 18.2 Å². The van der Waals surface area contributed by atoms with E-state index in [0.29, 0.717) is 0 Å². The first-order chi connectivity index (χ1) is 16.6. The van der Waals surface area contributed by atoms with Gasteiger partial charge in [0.05, 0.1) is 25.0 Å². The van der Waals surface area contributed by atoms with Crippen molar-refractivity contribution in [3.8, 4) is 0 Å². The number of hydroxylamine groups is 1. The quantitative estimate of drug-likeness (QED) is 0.259. The molecule has 0 radical (unpaired) electrons. The van der Waals surface area contributed by atoms with Gasteiger partial charge < -0.3 is 24.4 Å². The van der Waals surface area contributed by atoms with Crippen molar-refractivity contribution in [2.24, 2.45) is 0 Å². The van der Waals surface area contributed by atoms with Gasteiger partial charge in [-0.15, -0.1) is 5.48 Å². The molecule has 2 N–H and O–H groups in total. The Morgan fingerprint density at radius 3 is 1.78 bits per heavy atom. The summed E-state index contributed by atoms with van der Waals surface area (Å²) < 4.78 is 15.4. The van der Waals surface area contributed by atoms with Crippen LogP contribution in [0.1, 0.15) is 71.7 Å². The van der Waals surface area contributed by atoms with Crippen molar-refractivity contribution >= 4 is 29.8 Å². The number of nitrogens with one attached hydrogen (secondary N) is 2. The molecule has 11 nitrogen and oxygen atoms in total. The number of esters is 3. The van der Waals surface area contributed by atoms with E-state index in [1.54, 1.807) is 66.7 Å². The van der Waals surface area contributed by atoms with E-state index in [4.69, 9.17) is 19.0 Å². The Bertz CT molecular complexity index is 918. The van der Waals surface area contributed by atoms with Gasteiger partial charge in [-0.2, -0.15) is 0 Å². The lowest BCUT2D eigenvalue weighted by atomic mass is 10.1. The van der Waals surface area contributed by atoms with Crippen LogP contribution in [0, 0.1) is 0 Å². The predicted molar refractivity (Wildman–Crippen MR) is 128 cm³/mol. The van der Waals surface area contributed by atoms with Gasteiger partial charge in [-0.25, -0.2) is 9.59 Å². The van der Waals surface area contributed by atoms with E-state index in [2.05, 4.69) is 10.8 Å². The highest BCUT2D eigenvalue weighted by molar-refractivity contribution is 5.93. The van der Waals surface area contributed by atoms with Gasteiger partial charge in [0.25, 0.3) is 0 Å². The summed E-state index contributed by atoms with van der Waals surface area (Å²) in [6.45, 7) is 11.5. The Balaban J connectivity index is 3.04. The zero-order valence-corrected chi connectivity index (χ0v) is 21.8. The smallest absolute Gasteiger partial charge is 0.356 e. The molecule has 2 unspecified atom stereocenters. The molecule has 0 spiro atoms. The van der Waals surface area contributed by atoms with Crippen molar-refractivity contribution in [2.75, 3.05) is 6.61 Å². The van der Waals surface area contributed by atoms with Crippen molar-refractivity contribution in [3.63, 3.8) is 0 Å². The molecular formula is C25H36N2O9. The summed E-state index contributed by atoms with van der Waals surface area (Å²) in [5, 5.41) is 2.37. The lowest BCUT2D eigenvalue weighted by Gasteiger charge is -2.25. The molecular weight excluding hydrogens is 472 g/mol. The molecule has 0 aromatic heterocycles. The maximum Gasteiger partial charge on any atom is 0.356 e. The molecule has 2 atom stereocenters. The largest absolute Gasteiger partial charge is 0.464 e. The van der Waals surface area contributed by atoms with E-state index in [0.717, 1.165) is 0 Å². The molecule has 1 aromatic rings. The Morgan fingerprint density at radius 1 is 0.806 bits per heavy atom. The number of rotatable bonds is 11. The van der Waals surface area contributed by atoms with Crippen LogP contribution < -0.4 is 10.8 Å². The average Bonchev–Trinajstić information content (AvgIpc) is 2.74. The molecule has 0 heterocycles. The number of carbonyl (C=O) groups excluding carboxylic acids is 5. The second-order valence-electron chi connectivity index (χ2n) is 9.82. The van der Waals surface area contributed by atoms with Crippen LogP contribution in [0.15, 0.2) is 30.3 Å². The van der Waals surface area contributed by atoms with Crippen LogP contribution >= 0.6 is 0 Å². The maximum absolute atomic E-state index is 13.0. The third kappa shape index (κ3) is 12.3. The topological polar surface area (TPSA) is 146 Å². The first-order valence-electron chi connectivity index (χ1n) is 11.5. The van der Waals surface area contributed by atoms with Crippen LogP contribution in [0.4, 0.5) is 0 Å². The summed E-state index contributed by atoms with van der Waals surface area (Å²) in [5.41, 5.74) is 0.833. The molecule has 1 rings (SSSR count). The number of carbonyl (C=O) groups is 5. The minimum atomic E-state index is -1.44. The van der Waals surface area contributed by atoms with E-state index in [1.807, 2.05) is 0 Å². The summed E-state index contributed by atoms with van der Waals surface area (Å²) >= 11 is 0. The van der Waals surface area contributed by atoms with E-state index in [9.17, 15) is 24.0 Å². The molecule has 0 bridgehead atoms. The first kappa shape index (κ1) is 30.6. The van der Waals surface area contributed by atoms with Gasteiger partial charge in [0, 0.05) is 0 Å². The molecule has 200 valence electrons. The fourth-order valence-corrected chi connectivity index (χ4v) is 2.75. The van der Waals surface area contributed by atoms with Gasteiger partial charge in [-0.3, -0.25) is 14.4 Å². The highest BCUT2D eigenvalue weighted by Gasteiger charge is 2.33. The van der Waals surface area contributed by atoms with E-state index < -0.39 is 65.9 Å². The summed E-state index contributed by atoms with van der Waals surface area (Å²) in [6, 6.07) is 5.13. The Labute approximate surface area is 211 Å². The van der Waals surface area contributed by atoms with E-state index in [-0.39, 0.29) is 12.2 Å². The monoisotopic (exact) mass is 508 g/mol. The lowest BCUT2D eigenvalue weighted by molar-refractivity contribution is -0.161. The van der Waals surface area contributed by atoms with Crippen molar-refractivity contribution in [2.45, 2.75) is 84.6 Å². The van der Waals surface area contributed by atoms with Crippen LogP contribution in [0.3, 0.4) is 0 Å². The van der Waals surface area contributed by atoms with Crippen LogP contribution in [-0.2, 0) is 38.2 Å². The van der Waals surface area contributed by atoms with Crippen LogP contribution in [-0.4, -0.2) is 59.7 Å². The number of ether oxygens (including phenoxy) is 3.